The maximum absolute atomic E-state index is 13.0. The number of Topliss-reactive ketones (excluding diaryl/α,β-unsaturated/α-hetero) is 1. The molecular weight excluding hydrogens is 344 g/mol. The average molecular weight is 367 g/mol. The molecule has 0 atom stereocenters. The van der Waals surface area contributed by atoms with Crippen LogP contribution in [0.1, 0.15) is 48.9 Å². The zero-order valence-corrected chi connectivity index (χ0v) is 16.2. The Balaban J connectivity index is 2.39. The quantitative estimate of drug-likeness (QED) is 0.419. The van der Waals surface area contributed by atoms with Gasteiger partial charge in [0.1, 0.15) is 0 Å². The molecule has 1 aromatic carbocycles. The molecule has 0 radical (unpaired) electrons. The van der Waals surface area contributed by atoms with Crippen LogP contribution in [0, 0.1) is 0 Å². The number of carbonyl (C=O) groups is 1. The van der Waals surface area contributed by atoms with Crippen LogP contribution >= 0.6 is 11.6 Å². The topological polar surface area (TPSA) is 45.8 Å². The molecule has 3 rings (SSSR count). The van der Waals surface area contributed by atoms with E-state index in [0.717, 1.165) is 40.6 Å². The number of allylic oxidation sites excluding steroid dienone is 1. The van der Waals surface area contributed by atoms with E-state index < -0.39 is 0 Å². The van der Waals surface area contributed by atoms with Crippen molar-refractivity contribution < 1.29 is 4.79 Å². The highest BCUT2D eigenvalue weighted by atomic mass is 35.5. The summed E-state index contributed by atoms with van der Waals surface area (Å²) in [5.41, 5.74) is 6.02. The first kappa shape index (κ1) is 18.4. The minimum absolute atomic E-state index is 0.0567. The summed E-state index contributed by atoms with van der Waals surface area (Å²) in [5, 5.41) is 1.58. The number of halogens is 1. The summed E-state index contributed by atoms with van der Waals surface area (Å²) >= 11 is 6.25. The molecule has 0 saturated carbocycles. The van der Waals surface area contributed by atoms with Crippen LogP contribution in [-0.4, -0.2) is 15.8 Å². The Bertz CT molecular complexity index is 1000. The molecule has 134 valence electrons. The Morgan fingerprint density at radius 2 is 1.96 bits per heavy atom. The van der Waals surface area contributed by atoms with E-state index in [1.54, 1.807) is 6.20 Å². The number of nitrogens with one attached hydrogen (secondary N) is 1. The Kier molecular flexibility index (Phi) is 5.28. The van der Waals surface area contributed by atoms with Crippen molar-refractivity contribution in [2.45, 2.75) is 40.0 Å². The van der Waals surface area contributed by atoms with Crippen LogP contribution in [0.4, 0.5) is 0 Å². The van der Waals surface area contributed by atoms with Gasteiger partial charge in [-0.2, -0.15) is 0 Å². The van der Waals surface area contributed by atoms with Gasteiger partial charge in [0.15, 0.2) is 0 Å². The number of rotatable bonds is 6. The van der Waals surface area contributed by atoms with Crippen molar-refractivity contribution in [3.8, 4) is 11.1 Å². The number of aryl methyl sites for hydroxylation is 2. The number of hydrogen-bond acceptors (Lipinski definition) is 2. The standard InChI is InChI=1S/C22H23ClN2O/c1-5-13(4)22(26)21-20(17-11-15(23)12-24-18(17)7-3)16-10-14(6-2)8-9-19(16)25-21/h8-12,25H,4-7H2,1-3H3. The first-order valence-corrected chi connectivity index (χ1v) is 9.39. The van der Waals surface area contributed by atoms with Crippen LogP contribution in [0.15, 0.2) is 42.6 Å². The lowest BCUT2D eigenvalue weighted by Gasteiger charge is -2.10. The van der Waals surface area contributed by atoms with E-state index in [0.29, 0.717) is 22.7 Å². The zero-order chi connectivity index (χ0) is 18.8. The Hall–Kier alpha value is -2.39. The smallest absolute Gasteiger partial charge is 0.205 e. The monoisotopic (exact) mass is 366 g/mol. The van der Waals surface area contributed by atoms with Gasteiger partial charge >= 0.3 is 0 Å². The van der Waals surface area contributed by atoms with Crippen molar-refractivity contribution >= 4 is 28.3 Å². The lowest BCUT2D eigenvalue weighted by Crippen LogP contribution is -2.05. The van der Waals surface area contributed by atoms with E-state index in [9.17, 15) is 4.79 Å². The van der Waals surface area contributed by atoms with Crippen LogP contribution in [-0.2, 0) is 12.8 Å². The Morgan fingerprint density at radius 3 is 2.62 bits per heavy atom. The van der Waals surface area contributed by atoms with E-state index in [4.69, 9.17) is 11.6 Å². The summed E-state index contributed by atoms with van der Waals surface area (Å²) in [6, 6.07) is 8.17. The van der Waals surface area contributed by atoms with Gasteiger partial charge in [-0.25, -0.2) is 0 Å². The molecule has 2 aromatic heterocycles. The van der Waals surface area contributed by atoms with Gasteiger partial charge in [0.2, 0.25) is 5.78 Å². The number of ketones is 1. The highest BCUT2D eigenvalue weighted by Gasteiger charge is 2.23. The van der Waals surface area contributed by atoms with Gasteiger partial charge in [0.05, 0.1) is 10.7 Å². The third kappa shape index (κ3) is 3.19. The molecule has 26 heavy (non-hydrogen) atoms. The number of benzene rings is 1. The van der Waals surface area contributed by atoms with Crippen molar-refractivity contribution in [1.29, 1.82) is 0 Å². The van der Waals surface area contributed by atoms with Crippen molar-refractivity contribution in [1.82, 2.24) is 9.97 Å². The molecule has 0 saturated heterocycles. The van der Waals surface area contributed by atoms with Crippen LogP contribution < -0.4 is 0 Å². The van der Waals surface area contributed by atoms with Gasteiger partial charge in [0, 0.05) is 33.9 Å². The van der Waals surface area contributed by atoms with Gasteiger partial charge < -0.3 is 4.98 Å². The number of carbonyl (C=O) groups excluding carboxylic acids is 1. The van der Waals surface area contributed by atoms with Crippen molar-refractivity contribution in [3.63, 3.8) is 0 Å². The fourth-order valence-electron chi connectivity index (χ4n) is 3.21. The number of fused-ring (bicyclic) bond motifs is 1. The molecular formula is C22H23ClN2O. The van der Waals surface area contributed by atoms with E-state index in [2.05, 4.69) is 42.5 Å². The fraction of sp³-hybridized carbons (Fsp3) is 0.273. The number of aromatic nitrogens is 2. The van der Waals surface area contributed by atoms with Crippen LogP contribution in [0.25, 0.3) is 22.0 Å². The number of H-pyrrole nitrogens is 1. The molecule has 0 spiro atoms. The summed E-state index contributed by atoms with van der Waals surface area (Å²) in [7, 11) is 0. The second-order valence-corrected chi connectivity index (χ2v) is 6.83. The second-order valence-electron chi connectivity index (χ2n) is 6.40. The molecule has 0 aliphatic rings. The molecule has 0 unspecified atom stereocenters. The molecule has 0 bridgehead atoms. The highest BCUT2D eigenvalue weighted by Crippen LogP contribution is 2.37. The molecule has 0 aliphatic heterocycles. The Labute approximate surface area is 159 Å². The van der Waals surface area contributed by atoms with E-state index in [-0.39, 0.29) is 5.78 Å². The predicted molar refractivity (Wildman–Crippen MR) is 109 cm³/mol. The number of pyridine rings is 1. The third-order valence-electron chi connectivity index (χ3n) is 4.79. The van der Waals surface area contributed by atoms with Gasteiger partial charge in [0.25, 0.3) is 0 Å². The fourth-order valence-corrected chi connectivity index (χ4v) is 3.37. The van der Waals surface area contributed by atoms with Crippen LogP contribution in [0.2, 0.25) is 5.02 Å². The molecule has 3 nitrogen and oxygen atoms in total. The molecule has 3 aromatic rings. The first-order valence-electron chi connectivity index (χ1n) is 9.01. The van der Waals surface area contributed by atoms with Crippen molar-refractivity contribution in [3.05, 3.63) is 64.6 Å². The number of nitrogens with zero attached hydrogens (tertiary/aromatic N) is 1. The van der Waals surface area contributed by atoms with Gasteiger partial charge in [-0.15, -0.1) is 0 Å². The minimum atomic E-state index is -0.0567. The molecule has 0 aliphatic carbocycles. The molecule has 1 N–H and O–H groups in total. The normalized spacial score (nSPS) is 11.1. The second kappa shape index (κ2) is 7.46. The van der Waals surface area contributed by atoms with Gasteiger partial charge in [-0.05, 0) is 48.6 Å². The van der Waals surface area contributed by atoms with Gasteiger partial charge in [-0.3, -0.25) is 9.78 Å². The zero-order valence-electron chi connectivity index (χ0n) is 15.4. The molecule has 2 heterocycles. The number of hydrogen-bond donors (Lipinski definition) is 1. The van der Waals surface area contributed by atoms with Crippen LogP contribution in [0.3, 0.4) is 0 Å². The molecule has 0 amide bonds. The van der Waals surface area contributed by atoms with Crippen LogP contribution in [0.5, 0.6) is 0 Å². The van der Waals surface area contributed by atoms with E-state index in [1.807, 2.05) is 19.1 Å². The lowest BCUT2D eigenvalue weighted by molar-refractivity contribution is 0.102. The maximum Gasteiger partial charge on any atom is 0.205 e. The number of aromatic amines is 1. The summed E-state index contributed by atoms with van der Waals surface area (Å²) in [4.78, 5) is 20.8. The molecule has 0 fully saturated rings. The van der Waals surface area contributed by atoms with Gasteiger partial charge in [-0.1, -0.05) is 45.0 Å². The maximum atomic E-state index is 13.0. The summed E-state index contributed by atoms with van der Waals surface area (Å²) < 4.78 is 0. The van der Waals surface area contributed by atoms with E-state index in [1.165, 1.54) is 5.56 Å². The summed E-state index contributed by atoms with van der Waals surface area (Å²) in [6.07, 6.45) is 3.96. The molecule has 4 heteroatoms. The highest BCUT2D eigenvalue weighted by molar-refractivity contribution is 6.31. The minimum Gasteiger partial charge on any atom is -0.351 e. The predicted octanol–water partition coefficient (Wildman–Crippen LogP) is 6.16. The largest absolute Gasteiger partial charge is 0.351 e. The van der Waals surface area contributed by atoms with Crippen molar-refractivity contribution in [2.24, 2.45) is 0 Å². The van der Waals surface area contributed by atoms with E-state index >= 15 is 0 Å². The third-order valence-corrected chi connectivity index (χ3v) is 4.99. The average Bonchev–Trinajstić information content (AvgIpc) is 3.04. The lowest BCUT2D eigenvalue weighted by atomic mass is 9.95. The summed E-state index contributed by atoms with van der Waals surface area (Å²) in [6.45, 7) is 10.1. The van der Waals surface area contributed by atoms with Crippen molar-refractivity contribution in [2.75, 3.05) is 0 Å². The Morgan fingerprint density at radius 1 is 1.19 bits per heavy atom. The summed E-state index contributed by atoms with van der Waals surface area (Å²) in [5.74, 6) is -0.0567. The SMILES string of the molecule is C=C(CC)C(=O)c1[nH]c2ccc(CC)cc2c1-c1cc(Cl)cnc1CC. The first-order chi connectivity index (χ1) is 12.5.